The molecule has 1 fully saturated rings. The van der Waals surface area contributed by atoms with Gasteiger partial charge in [-0.1, -0.05) is 44.2 Å². The van der Waals surface area contributed by atoms with Gasteiger partial charge in [0, 0.05) is 5.54 Å². The van der Waals surface area contributed by atoms with Gasteiger partial charge in [-0.05, 0) is 75.8 Å². The van der Waals surface area contributed by atoms with Crippen molar-refractivity contribution in [1.29, 1.82) is 0 Å². The Bertz CT molecular complexity index is 427. The zero-order chi connectivity index (χ0) is 15.5. The first-order valence-corrected chi connectivity index (χ1v) is 8.54. The van der Waals surface area contributed by atoms with Crippen molar-refractivity contribution in [2.45, 2.75) is 65.8 Å². The molecule has 0 spiro atoms. The molecule has 21 heavy (non-hydrogen) atoms. The second kappa shape index (κ2) is 6.52. The summed E-state index contributed by atoms with van der Waals surface area (Å²) in [4.78, 5) is 0. The lowest BCUT2D eigenvalue weighted by Gasteiger charge is -2.42. The Morgan fingerprint density at radius 2 is 1.76 bits per heavy atom. The zero-order valence-corrected chi connectivity index (χ0v) is 14.6. The van der Waals surface area contributed by atoms with E-state index in [-0.39, 0.29) is 5.54 Å². The highest BCUT2D eigenvalue weighted by Crippen LogP contribution is 2.43. The molecule has 2 atom stereocenters. The van der Waals surface area contributed by atoms with Gasteiger partial charge in [-0.3, -0.25) is 0 Å². The predicted molar refractivity (Wildman–Crippen MR) is 92.5 cm³/mol. The van der Waals surface area contributed by atoms with E-state index >= 15 is 0 Å². The van der Waals surface area contributed by atoms with E-state index in [1.807, 2.05) is 0 Å². The highest BCUT2D eigenvalue weighted by atomic mass is 14.9. The van der Waals surface area contributed by atoms with Crippen molar-refractivity contribution in [2.75, 3.05) is 6.54 Å². The number of hydrogen-bond donors (Lipinski definition) is 1. The number of hydrogen-bond acceptors (Lipinski definition) is 1. The SMILES string of the molecule is CC1(C)CCC(CNC(C)(C)C)C(Cc2ccccc2)C1. The van der Waals surface area contributed by atoms with E-state index in [4.69, 9.17) is 0 Å². The summed E-state index contributed by atoms with van der Waals surface area (Å²) < 4.78 is 0. The summed E-state index contributed by atoms with van der Waals surface area (Å²) >= 11 is 0. The third-order valence-corrected chi connectivity index (χ3v) is 4.91. The third-order valence-electron chi connectivity index (χ3n) is 4.91. The van der Waals surface area contributed by atoms with E-state index in [0.29, 0.717) is 5.41 Å². The van der Waals surface area contributed by atoms with Crippen LogP contribution < -0.4 is 5.32 Å². The molecule has 0 amide bonds. The molecule has 1 aromatic rings. The Balaban J connectivity index is 2.03. The predicted octanol–water partition coefficient (Wildman–Crippen LogP) is 5.06. The molecule has 1 aliphatic carbocycles. The molecule has 1 aromatic carbocycles. The maximum atomic E-state index is 3.73. The normalized spacial score (nSPS) is 25.8. The van der Waals surface area contributed by atoms with Gasteiger partial charge in [0.1, 0.15) is 0 Å². The van der Waals surface area contributed by atoms with Gasteiger partial charge < -0.3 is 5.32 Å². The maximum Gasteiger partial charge on any atom is 0.00966 e. The van der Waals surface area contributed by atoms with Crippen LogP contribution in [0, 0.1) is 17.3 Å². The summed E-state index contributed by atoms with van der Waals surface area (Å²) in [5, 5.41) is 3.73. The van der Waals surface area contributed by atoms with Gasteiger partial charge in [-0.25, -0.2) is 0 Å². The lowest BCUT2D eigenvalue weighted by Crippen LogP contribution is -2.43. The van der Waals surface area contributed by atoms with Gasteiger partial charge in [0.15, 0.2) is 0 Å². The maximum absolute atomic E-state index is 3.73. The van der Waals surface area contributed by atoms with Gasteiger partial charge in [-0.2, -0.15) is 0 Å². The fourth-order valence-corrected chi connectivity index (χ4v) is 3.65. The Hall–Kier alpha value is -0.820. The Morgan fingerprint density at radius 3 is 2.38 bits per heavy atom. The molecule has 1 aliphatic rings. The van der Waals surface area contributed by atoms with Crippen molar-refractivity contribution in [1.82, 2.24) is 5.32 Å². The van der Waals surface area contributed by atoms with E-state index in [0.717, 1.165) is 18.4 Å². The molecule has 0 heterocycles. The summed E-state index contributed by atoms with van der Waals surface area (Å²) in [6.45, 7) is 12.9. The van der Waals surface area contributed by atoms with Crippen molar-refractivity contribution in [3.05, 3.63) is 35.9 Å². The van der Waals surface area contributed by atoms with Crippen LogP contribution in [0.2, 0.25) is 0 Å². The Kier molecular flexibility index (Phi) is 5.14. The molecule has 0 aliphatic heterocycles. The van der Waals surface area contributed by atoms with Crippen LogP contribution in [0.1, 0.15) is 59.4 Å². The molecule has 118 valence electrons. The molecule has 0 saturated heterocycles. The molecule has 0 aromatic heterocycles. The van der Waals surface area contributed by atoms with Crippen LogP contribution in [0.15, 0.2) is 30.3 Å². The average molecular weight is 287 g/mol. The topological polar surface area (TPSA) is 12.0 Å². The van der Waals surface area contributed by atoms with Gasteiger partial charge in [0.25, 0.3) is 0 Å². The number of rotatable bonds is 4. The van der Waals surface area contributed by atoms with E-state index in [9.17, 15) is 0 Å². The molecule has 1 nitrogen and oxygen atoms in total. The Morgan fingerprint density at radius 1 is 1.10 bits per heavy atom. The zero-order valence-electron chi connectivity index (χ0n) is 14.6. The fourth-order valence-electron chi connectivity index (χ4n) is 3.65. The van der Waals surface area contributed by atoms with Crippen molar-refractivity contribution < 1.29 is 0 Å². The lowest BCUT2D eigenvalue weighted by atomic mass is 9.65. The lowest BCUT2D eigenvalue weighted by molar-refractivity contribution is 0.111. The minimum Gasteiger partial charge on any atom is -0.312 e. The van der Waals surface area contributed by atoms with Crippen LogP contribution in [0.4, 0.5) is 0 Å². The van der Waals surface area contributed by atoms with Crippen LogP contribution >= 0.6 is 0 Å². The summed E-state index contributed by atoms with van der Waals surface area (Å²) in [6.07, 6.45) is 5.33. The van der Waals surface area contributed by atoms with Crippen molar-refractivity contribution in [3.8, 4) is 0 Å². The largest absolute Gasteiger partial charge is 0.312 e. The van der Waals surface area contributed by atoms with E-state index < -0.39 is 0 Å². The van der Waals surface area contributed by atoms with E-state index in [2.05, 4.69) is 70.3 Å². The van der Waals surface area contributed by atoms with Crippen molar-refractivity contribution in [2.24, 2.45) is 17.3 Å². The smallest absolute Gasteiger partial charge is 0.00966 e. The summed E-state index contributed by atoms with van der Waals surface area (Å²) in [5.41, 5.74) is 2.24. The molecular formula is C20H33N. The first-order valence-electron chi connectivity index (χ1n) is 8.54. The van der Waals surface area contributed by atoms with Gasteiger partial charge in [-0.15, -0.1) is 0 Å². The van der Waals surface area contributed by atoms with Crippen LogP contribution in [0.3, 0.4) is 0 Å². The average Bonchev–Trinajstić information content (AvgIpc) is 2.37. The molecular weight excluding hydrogens is 254 g/mol. The summed E-state index contributed by atoms with van der Waals surface area (Å²) in [6, 6.07) is 11.0. The van der Waals surface area contributed by atoms with E-state index in [1.165, 1.54) is 31.2 Å². The molecule has 2 unspecified atom stereocenters. The molecule has 1 N–H and O–H groups in total. The molecule has 2 rings (SSSR count). The fraction of sp³-hybridized carbons (Fsp3) is 0.700. The second-order valence-corrected chi connectivity index (χ2v) is 8.75. The summed E-state index contributed by atoms with van der Waals surface area (Å²) in [5.74, 6) is 1.63. The Labute approximate surface area is 131 Å². The molecule has 0 radical (unpaired) electrons. The summed E-state index contributed by atoms with van der Waals surface area (Å²) in [7, 11) is 0. The minimum absolute atomic E-state index is 0.226. The van der Waals surface area contributed by atoms with Gasteiger partial charge in [0.2, 0.25) is 0 Å². The second-order valence-electron chi connectivity index (χ2n) is 8.75. The first kappa shape index (κ1) is 16.5. The van der Waals surface area contributed by atoms with Crippen molar-refractivity contribution in [3.63, 3.8) is 0 Å². The van der Waals surface area contributed by atoms with Crippen molar-refractivity contribution >= 4 is 0 Å². The molecule has 0 bridgehead atoms. The van der Waals surface area contributed by atoms with Gasteiger partial charge >= 0.3 is 0 Å². The highest BCUT2D eigenvalue weighted by molar-refractivity contribution is 5.15. The van der Waals surface area contributed by atoms with Crippen LogP contribution in [0.25, 0.3) is 0 Å². The quantitative estimate of drug-likeness (QED) is 0.816. The third kappa shape index (κ3) is 5.47. The van der Waals surface area contributed by atoms with Crippen LogP contribution in [-0.4, -0.2) is 12.1 Å². The van der Waals surface area contributed by atoms with Gasteiger partial charge in [0.05, 0.1) is 0 Å². The monoisotopic (exact) mass is 287 g/mol. The number of nitrogens with one attached hydrogen (secondary N) is 1. The van der Waals surface area contributed by atoms with Crippen LogP contribution in [-0.2, 0) is 6.42 Å². The standard InChI is InChI=1S/C20H33N/c1-19(2,3)21-15-17-11-12-20(4,5)14-18(17)13-16-9-7-6-8-10-16/h6-10,17-18,21H,11-15H2,1-5H3. The molecule has 1 saturated carbocycles. The first-order chi connectivity index (χ1) is 9.75. The highest BCUT2D eigenvalue weighted by Gasteiger charge is 2.35. The number of benzene rings is 1. The van der Waals surface area contributed by atoms with Crippen LogP contribution in [0.5, 0.6) is 0 Å². The molecule has 1 heteroatoms. The van der Waals surface area contributed by atoms with E-state index in [1.54, 1.807) is 0 Å². The minimum atomic E-state index is 0.226.